The van der Waals surface area contributed by atoms with Gasteiger partial charge >= 0.3 is 0 Å². The molecule has 134 heavy (non-hydrogen) atoms. The third-order valence-electron chi connectivity index (χ3n) is 26.0. The third-order valence-corrected chi connectivity index (χ3v) is 28.1. The summed E-state index contributed by atoms with van der Waals surface area (Å²) in [4.78, 5) is 44.7. The number of amidine groups is 2. The molecule has 7 aromatic rings. The van der Waals surface area contributed by atoms with E-state index in [9.17, 15) is 41.8 Å². The number of carbonyl (C=O) groups excluding carboxylic acids is 2. The Morgan fingerprint density at radius 3 is 1.51 bits per heavy atom. The van der Waals surface area contributed by atoms with Crippen molar-refractivity contribution in [2.24, 2.45) is 67.3 Å². The first-order chi connectivity index (χ1) is 64.8. The largest absolute Gasteiger partial charge is 0.411 e. The molecule has 10 aliphatic rings. The zero-order valence-electron chi connectivity index (χ0n) is 77.2. The molecule has 19 atom stereocenters. The lowest BCUT2D eigenvalue weighted by molar-refractivity contribution is 0.00181. The summed E-state index contributed by atoms with van der Waals surface area (Å²) in [5, 5.41) is 52.5. The average molecular weight is 1910 g/mol. The second-order valence-corrected chi connectivity index (χ2v) is 36.1. The first-order valence-corrected chi connectivity index (χ1v) is 48.2. The van der Waals surface area contributed by atoms with Gasteiger partial charge in [0.05, 0.1) is 144 Å². The Balaban J connectivity index is 0.000000164. The Morgan fingerprint density at radius 2 is 1.02 bits per heavy atom. The summed E-state index contributed by atoms with van der Waals surface area (Å²) in [5.74, 6) is -0.279. The SMILES string of the molecule is C=CC(CC)OC/C=N\O.C=CC(O)CC.CC[C@H]1OCC2=NOC[C@@H]21.CC[C@H]1OC[C@@](N)(c2ccccc2F)[C@@H]1CO.CC[C@H]1OC[C@@](NC(=S)NC(=O)c2ccccc2)(c2ccccc2F)[C@@H]1CO.CC[C@H]1OC[C@]2(c3ccccc3F)N=C(N)SC[C@H]12.CC[C@H]1OC[C@]2(c3ccccc3F)N=C(NC(=O)c3ccccc3)SC[C@H]12.CC[C@H]1OC[C@]2(c3ccccc3F)NOC[C@H]12. The molecule has 0 aromatic heterocycles. The van der Waals surface area contributed by atoms with Crippen LogP contribution in [-0.4, -0.2) is 193 Å². The van der Waals surface area contributed by atoms with Gasteiger partial charge in [0, 0.05) is 80.0 Å². The zero-order valence-corrected chi connectivity index (χ0v) is 79.7. The third kappa shape index (κ3) is 25.4. The van der Waals surface area contributed by atoms with Crippen LogP contribution in [0.15, 0.2) is 228 Å². The summed E-state index contributed by atoms with van der Waals surface area (Å²) in [6.07, 6.45) is 11.5. The van der Waals surface area contributed by atoms with Crippen molar-refractivity contribution in [3.63, 3.8) is 0 Å². The molecule has 2 amide bonds. The van der Waals surface area contributed by atoms with E-state index in [1.165, 1.54) is 66.1 Å². The van der Waals surface area contributed by atoms with Crippen molar-refractivity contribution in [3.8, 4) is 0 Å². The number of rotatable bonds is 23. The standard InChI is InChI=1S/C21H23FN2O3S.C21H21FN2O2S.C14H17FN2OS.C13H16FNO2.C13H18FNO2.C7H11NO2.C7H13NO2.C5H10O/c1-2-18-16(12-25)21(13-27-18,15-10-6-7-11-17(15)22)24-20(28)23-19(26)14-8-4-3-5-9-14;1-2-18-16-12-27-20(23-19(25)14-8-4-3-5-9-14)24-21(16,13-26-18)15-10-6-7-11-17(15)22;1-2-12-10-7-19-13(16)17-14(10,8-18-12)9-5-3-4-6-11(9)15;1-2-12-10-7-17-15-13(10,8-16-12)9-5-3-4-6-11(9)14;1-2-12-10(7-16)13(15,8-17-12)9-5-3-4-6-11(9)14;1-2-7-5-3-10-8-6(5)4-9-7;1-3-7(4-2)10-6-5-8-9;1-3-5(6)4-2/h3-11,16,18,25H,2,12-13H2,1H3,(H2,23,24,26,28);3-11,16,18H,2,12-13H2,1H3,(H,23,24,25);3-6,10,12H,2,7-8H2,1H3,(H2,16,17);3-6,10,12,15H,2,7-8H2,1H3;3-6,10,12,16H,2,7-8,15H2,1H3;5,7H,2-4H2,1H3;3,5,7,9H,1,4,6H2,2H3;3,5-6H,1,4H2,2H3/b;;;;;;8-5-;/t2*16-,18-,21-;10-,12-,14-;2*10-,12-,13-;5-,7+;;/m111110../s1. The molecule has 7 fully saturated rings. The highest BCUT2D eigenvalue weighted by Gasteiger charge is 2.58. The highest BCUT2D eigenvalue weighted by molar-refractivity contribution is 8.14. The van der Waals surface area contributed by atoms with Gasteiger partial charge in [-0.1, -0.05) is 229 Å². The number of aliphatic hydroxyl groups excluding tert-OH is 3. The van der Waals surface area contributed by atoms with Crippen LogP contribution in [-0.2, 0) is 70.5 Å². The summed E-state index contributed by atoms with van der Waals surface area (Å²) in [5.41, 5.74) is 15.9. The summed E-state index contributed by atoms with van der Waals surface area (Å²) in [6.45, 7) is 26.8. The molecule has 10 heterocycles. The van der Waals surface area contributed by atoms with Crippen LogP contribution in [0, 0.1) is 64.6 Å². The number of amides is 2. The molecule has 7 aromatic carbocycles. The number of aliphatic hydroxyl groups is 3. The normalized spacial score (nSPS) is 28.4. The van der Waals surface area contributed by atoms with Crippen LogP contribution in [0.5, 0.6) is 0 Å². The summed E-state index contributed by atoms with van der Waals surface area (Å²) in [7, 11) is 0. The molecule has 0 radical (unpaired) electrons. The molecule has 12 N–H and O–H groups in total. The first-order valence-electron chi connectivity index (χ1n) is 45.8. The number of ether oxygens (including phenoxy) is 7. The molecular formula is C101H129F5N10O15S3. The average Bonchev–Trinajstić information content (AvgIpc) is 1.55. The molecule has 7 saturated heterocycles. The summed E-state index contributed by atoms with van der Waals surface area (Å²) >= 11 is 8.39. The van der Waals surface area contributed by atoms with Crippen LogP contribution >= 0.6 is 35.7 Å². The lowest BCUT2D eigenvalue weighted by atomic mass is 9.77. The molecule has 10 aliphatic heterocycles. The maximum atomic E-state index is 14.7. The lowest BCUT2D eigenvalue weighted by Crippen LogP contribution is -2.56. The van der Waals surface area contributed by atoms with Gasteiger partial charge in [-0.05, 0) is 118 Å². The number of nitrogens with zero attached hydrogens (tertiary/aromatic N) is 4. The van der Waals surface area contributed by atoms with Gasteiger partial charge < -0.3 is 85.5 Å². The Bertz CT molecular complexity index is 5060. The predicted molar refractivity (Wildman–Crippen MR) is 517 cm³/mol. The zero-order chi connectivity index (χ0) is 96.6. The van der Waals surface area contributed by atoms with E-state index in [1.54, 1.807) is 109 Å². The summed E-state index contributed by atoms with van der Waals surface area (Å²) in [6, 6.07) is 50.8. The number of thioether (sulfide) groups is 2. The second-order valence-electron chi connectivity index (χ2n) is 33.7. The van der Waals surface area contributed by atoms with E-state index in [0.29, 0.717) is 107 Å². The van der Waals surface area contributed by atoms with E-state index >= 15 is 0 Å². The molecular weight excluding hydrogens is 1780 g/mol. The Kier molecular flexibility index (Phi) is 41.3. The van der Waals surface area contributed by atoms with E-state index in [4.69, 9.17) is 81.8 Å². The highest BCUT2D eigenvalue weighted by Crippen LogP contribution is 2.52. The topological polar surface area (TPSA) is 348 Å². The fourth-order valence-corrected chi connectivity index (χ4v) is 21.1. The fraction of sp³-hybridized carbons (Fsp3) is 0.475. The number of thiocarbonyl (C=S) groups is 1. The number of oxime groups is 2. The number of fused-ring (bicyclic) bond motifs is 4. The van der Waals surface area contributed by atoms with E-state index < -0.39 is 39.4 Å². The minimum atomic E-state index is -1.08. The van der Waals surface area contributed by atoms with E-state index in [0.717, 1.165) is 68.8 Å². The maximum Gasteiger partial charge on any atom is 0.257 e. The van der Waals surface area contributed by atoms with Crippen LogP contribution in [0.25, 0.3) is 0 Å². The minimum Gasteiger partial charge on any atom is -0.411 e. The van der Waals surface area contributed by atoms with Crippen molar-refractivity contribution < 1.29 is 94.9 Å². The molecule has 726 valence electrons. The number of aliphatic imine (C=N–C) groups is 2. The molecule has 17 rings (SSSR count). The fourth-order valence-electron chi connectivity index (χ4n) is 18.5. The number of nitrogens with one attached hydrogen (secondary N) is 4. The van der Waals surface area contributed by atoms with Crippen LogP contribution in [0.1, 0.15) is 155 Å². The number of halogens is 5. The molecule has 0 spiro atoms. The number of carbonyl (C=O) groups is 2. The maximum absolute atomic E-state index is 14.7. The Hall–Kier alpha value is -9.24. The number of benzene rings is 7. The smallest absolute Gasteiger partial charge is 0.257 e. The van der Waals surface area contributed by atoms with E-state index in [-0.39, 0.29) is 133 Å². The lowest BCUT2D eigenvalue weighted by Gasteiger charge is -2.37. The Labute approximate surface area is 796 Å². The van der Waals surface area contributed by atoms with Crippen molar-refractivity contribution in [1.82, 2.24) is 21.4 Å². The van der Waals surface area contributed by atoms with E-state index in [2.05, 4.69) is 77.6 Å². The molecule has 25 nitrogen and oxygen atoms in total. The quantitative estimate of drug-likeness (QED) is 0.00710. The van der Waals surface area contributed by atoms with Gasteiger partial charge in [-0.25, -0.2) is 31.9 Å². The van der Waals surface area contributed by atoms with Gasteiger partial charge in [0.2, 0.25) is 0 Å². The van der Waals surface area contributed by atoms with Crippen LogP contribution in [0.4, 0.5) is 22.0 Å². The monoisotopic (exact) mass is 1910 g/mol. The van der Waals surface area contributed by atoms with Crippen molar-refractivity contribution in [1.29, 1.82) is 0 Å². The van der Waals surface area contributed by atoms with Crippen molar-refractivity contribution in [2.45, 2.75) is 183 Å². The van der Waals surface area contributed by atoms with Crippen molar-refractivity contribution >= 4 is 74.9 Å². The van der Waals surface area contributed by atoms with Gasteiger partial charge in [0.1, 0.15) is 52.3 Å². The number of nitrogens with two attached hydrogens (primary N) is 2. The van der Waals surface area contributed by atoms with Gasteiger partial charge in [-0.15, -0.1) is 13.2 Å². The molecule has 0 saturated carbocycles. The van der Waals surface area contributed by atoms with Gasteiger partial charge in [0.25, 0.3) is 11.8 Å². The van der Waals surface area contributed by atoms with Crippen molar-refractivity contribution in [2.75, 3.05) is 84.2 Å². The minimum absolute atomic E-state index is 0.0345. The number of hydrogen-bond acceptors (Lipinski definition) is 25. The van der Waals surface area contributed by atoms with Crippen LogP contribution in [0.3, 0.4) is 0 Å². The molecule has 0 bridgehead atoms. The second kappa shape index (κ2) is 51.8. The van der Waals surface area contributed by atoms with Crippen molar-refractivity contribution in [3.05, 3.63) is 275 Å². The molecule has 33 heteroatoms. The van der Waals surface area contributed by atoms with Gasteiger partial charge in [-0.2, -0.15) is 5.48 Å². The van der Waals surface area contributed by atoms with Crippen LogP contribution < -0.4 is 32.9 Å². The highest BCUT2D eigenvalue weighted by atomic mass is 32.2. The first kappa shape index (κ1) is 107. The van der Waals surface area contributed by atoms with E-state index in [1.807, 2.05) is 76.2 Å². The Morgan fingerprint density at radius 1 is 0.560 bits per heavy atom. The molecule has 2 unspecified atom stereocenters. The van der Waals surface area contributed by atoms with Crippen LogP contribution in [0.2, 0.25) is 0 Å². The predicted octanol–water partition coefficient (Wildman–Crippen LogP) is 15.8. The number of hydrogen-bond donors (Lipinski definition) is 10. The molecule has 0 aliphatic carbocycles. The van der Waals surface area contributed by atoms with Gasteiger partial charge in [-0.3, -0.25) is 14.9 Å². The summed E-state index contributed by atoms with van der Waals surface area (Å²) < 4.78 is 111. The number of hydroxylamine groups is 1. The van der Waals surface area contributed by atoms with Gasteiger partial charge in [0.15, 0.2) is 15.4 Å².